The standard InChI is InChI=1S/C15H11N3.HNO3.Tb/c1-4-12(10-16-7-1)14-6-3-9-18-15(14)13-5-2-8-17-11-13;2-1(3)4;/h1-11H;(H,2,3,4);. The summed E-state index contributed by atoms with van der Waals surface area (Å²) >= 11 is 0. The van der Waals surface area contributed by atoms with E-state index in [-0.39, 0.29) is 38.6 Å². The van der Waals surface area contributed by atoms with Crippen molar-refractivity contribution >= 4 is 0 Å². The summed E-state index contributed by atoms with van der Waals surface area (Å²) in [6.07, 6.45) is 8.99. The summed E-state index contributed by atoms with van der Waals surface area (Å²) in [6.45, 7) is 0. The molecule has 0 spiro atoms. The fourth-order valence-electron chi connectivity index (χ4n) is 1.89. The van der Waals surface area contributed by atoms with Crippen molar-refractivity contribution in [2.75, 3.05) is 0 Å². The monoisotopic (exact) mass is 455 g/mol. The van der Waals surface area contributed by atoms with Crippen LogP contribution in [0.4, 0.5) is 0 Å². The Morgan fingerprint density at radius 1 is 0.913 bits per heavy atom. The largest absolute Gasteiger partial charge is 0.328 e. The summed E-state index contributed by atoms with van der Waals surface area (Å²) in [6, 6.07) is 11.9. The molecule has 0 atom stereocenters. The van der Waals surface area contributed by atoms with Gasteiger partial charge in [-0.15, -0.1) is 10.1 Å². The van der Waals surface area contributed by atoms with Gasteiger partial charge >= 0.3 is 0 Å². The summed E-state index contributed by atoms with van der Waals surface area (Å²) in [7, 11) is 0. The maximum absolute atomic E-state index is 8.36. The van der Waals surface area contributed by atoms with Gasteiger partial charge in [0.2, 0.25) is 0 Å². The molecular weight excluding hydrogens is 443 g/mol. The second-order valence-electron chi connectivity index (χ2n) is 4.12. The Morgan fingerprint density at radius 3 is 1.96 bits per heavy atom. The number of hydrogen-bond donors (Lipinski definition) is 1. The van der Waals surface area contributed by atoms with E-state index in [4.69, 9.17) is 15.3 Å². The molecule has 0 aliphatic heterocycles. The molecule has 0 amide bonds. The number of rotatable bonds is 2. The van der Waals surface area contributed by atoms with Gasteiger partial charge in [0.15, 0.2) is 0 Å². The fraction of sp³-hybridized carbons (Fsp3) is 0. The van der Waals surface area contributed by atoms with Gasteiger partial charge < -0.3 is 5.21 Å². The Kier molecular flexibility index (Phi) is 8.13. The molecule has 3 heterocycles. The minimum absolute atomic E-state index is 0. The summed E-state index contributed by atoms with van der Waals surface area (Å²) in [5.41, 5.74) is 4.07. The van der Waals surface area contributed by atoms with Gasteiger partial charge in [0, 0.05) is 86.3 Å². The second kappa shape index (κ2) is 9.85. The van der Waals surface area contributed by atoms with Crippen LogP contribution in [-0.2, 0) is 0 Å². The zero-order chi connectivity index (χ0) is 15.8. The van der Waals surface area contributed by atoms with E-state index in [9.17, 15) is 0 Å². The molecular formula is C15H12N4O3Tb. The first-order valence-electron chi connectivity index (χ1n) is 6.27. The van der Waals surface area contributed by atoms with Crippen LogP contribution < -0.4 is 0 Å². The molecule has 0 saturated heterocycles. The third kappa shape index (κ3) is 5.91. The molecule has 1 radical (unpaired) electrons. The van der Waals surface area contributed by atoms with E-state index in [1.165, 1.54) is 0 Å². The SMILES string of the molecule is O=[N+]([O-])O.[Tb].c1cncc(-c2cccnc2-c2cccnc2)c1. The molecule has 119 valence electrons. The maximum atomic E-state index is 8.36. The topological polar surface area (TPSA) is 102 Å². The third-order valence-electron chi connectivity index (χ3n) is 2.72. The van der Waals surface area contributed by atoms with E-state index in [2.05, 4.69) is 15.0 Å². The average Bonchev–Trinajstić information content (AvgIpc) is 2.56. The minimum atomic E-state index is -1.50. The van der Waals surface area contributed by atoms with Crippen LogP contribution in [0.1, 0.15) is 0 Å². The molecule has 0 aliphatic rings. The Labute approximate surface area is 163 Å². The molecule has 1 N–H and O–H groups in total. The molecule has 3 aromatic rings. The number of pyridine rings is 3. The van der Waals surface area contributed by atoms with E-state index in [0.29, 0.717) is 0 Å². The molecule has 0 bridgehead atoms. The molecule has 0 unspecified atom stereocenters. The van der Waals surface area contributed by atoms with Crippen molar-refractivity contribution < 1.29 is 48.9 Å². The molecule has 0 saturated carbocycles. The van der Waals surface area contributed by atoms with Crippen LogP contribution in [0.2, 0.25) is 0 Å². The number of nitrogens with zero attached hydrogens (tertiary/aromatic N) is 4. The van der Waals surface area contributed by atoms with Crippen LogP contribution in [0.15, 0.2) is 67.4 Å². The molecule has 0 aliphatic carbocycles. The molecule has 3 aromatic heterocycles. The summed E-state index contributed by atoms with van der Waals surface area (Å²) in [5.74, 6) is 0. The summed E-state index contributed by atoms with van der Waals surface area (Å²) in [4.78, 5) is 21.1. The van der Waals surface area contributed by atoms with Crippen molar-refractivity contribution in [2.24, 2.45) is 0 Å². The third-order valence-corrected chi connectivity index (χ3v) is 2.72. The van der Waals surface area contributed by atoms with E-state index in [1.807, 2.05) is 48.8 Å². The van der Waals surface area contributed by atoms with Gasteiger partial charge in [-0.3, -0.25) is 15.0 Å². The van der Waals surface area contributed by atoms with Crippen molar-refractivity contribution in [1.29, 1.82) is 0 Å². The van der Waals surface area contributed by atoms with Crippen LogP contribution >= 0.6 is 0 Å². The molecule has 0 fully saturated rings. The fourth-order valence-corrected chi connectivity index (χ4v) is 1.89. The van der Waals surface area contributed by atoms with Crippen LogP contribution in [0.5, 0.6) is 0 Å². The molecule has 0 aromatic carbocycles. The van der Waals surface area contributed by atoms with E-state index in [0.717, 1.165) is 22.4 Å². The van der Waals surface area contributed by atoms with Crippen LogP contribution in [0.25, 0.3) is 22.4 Å². The zero-order valence-corrected chi connectivity index (χ0v) is 13.9. The van der Waals surface area contributed by atoms with Gasteiger partial charge in [0.1, 0.15) is 0 Å². The smallest absolute Gasteiger partial charge is 0.291 e. The summed E-state index contributed by atoms with van der Waals surface area (Å²) in [5, 5.41) is 13.6. The summed E-state index contributed by atoms with van der Waals surface area (Å²) < 4.78 is 0. The molecule has 3 rings (SSSR count). The maximum Gasteiger partial charge on any atom is 0.291 e. The molecule has 8 heteroatoms. The van der Waals surface area contributed by atoms with Crippen LogP contribution in [0, 0.1) is 48.7 Å². The predicted octanol–water partition coefficient (Wildman–Crippen LogP) is 2.86. The van der Waals surface area contributed by atoms with Gasteiger partial charge in [-0.2, -0.15) is 0 Å². The van der Waals surface area contributed by atoms with Gasteiger partial charge in [0.05, 0.1) is 5.69 Å². The van der Waals surface area contributed by atoms with Gasteiger partial charge in [-0.25, -0.2) is 0 Å². The van der Waals surface area contributed by atoms with Gasteiger partial charge in [0.25, 0.3) is 5.09 Å². The first-order chi connectivity index (χ1) is 10.7. The van der Waals surface area contributed by atoms with E-state index in [1.54, 1.807) is 18.6 Å². The zero-order valence-electron chi connectivity index (χ0n) is 11.7. The Balaban J connectivity index is 0.000000478. The van der Waals surface area contributed by atoms with Crippen LogP contribution in [-0.4, -0.2) is 25.2 Å². The van der Waals surface area contributed by atoms with Gasteiger partial charge in [-0.05, 0) is 24.3 Å². The minimum Gasteiger partial charge on any atom is -0.328 e. The van der Waals surface area contributed by atoms with Crippen molar-refractivity contribution in [3.05, 3.63) is 77.5 Å². The van der Waals surface area contributed by atoms with Gasteiger partial charge in [-0.1, -0.05) is 12.1 Å². The number of hydrogen-bond acceptors (Lipinski definition) is 5. The Bertz CT molecular complexity index is 679. The Hall–Kier alpha value is -2.06. The normalized spacial score (nSPS) is 9.04. The van der Waals surface area contributed by atoms with E-state index < -0.39 is 5.09 Å². The van der Waals surface area contributed by atoms with Crippen molar-refractivity contribution in [3.63, 3.8) is 0 Å². The van der Waals surface area contributed by atoms with Crippen molar-refractivity contribution in [2.45, 2.75) is 0 Å². The van der Waals surface area contributed by atoms with Crippen LogP contribution in [0.3, 0.4) is 0 Å². The van der Waals surface area contributed by atoms with E-state index >= 15 is 0 Å². The Morgan fingerprint density at radius 2 is 1.43 bits per heavy atom. The first-order valence-corrected chi connectivity index (χ1v) is 6.27. The predicted molar refractivity (Wildman–Crippen MR) is 79.5 cm³/mol. The first kappa shape index (κ1) is 19.0. The van der Waals surface area contributed by atoms with Crippen molar-refractivity contribution in [3.8, 4) is 22.4 Å². The quantitative estimate of drug-likeness (QED) is 0.471. The molecule has 23 heavy (non-hydrogen) atoms. The average molecular weight is 455 g/mol. The van der Waals surface area contributed by atoms with Crippen molar-refractivity contribution in [1.82, 2.24) is 15.0 Å². The second-order valence-corrected chi connectivity index (χ2v) is 4.12. The number of aromatic nitrogens is 3. The molecule has 7 nitrogen and oxygen atoms in total.